The molecule has 0 aliphatic heterocycles. The average molecular weight is 365 g/mol. The number of carbonyl (C=O) groups excluding carboxylic acids is 1. The van der Waals surface area contributed by atoms with E-state index in [1.54, 1.807) is 44.3 Å². The van der Waals surface area contributed by atoms with Crippen LogP contribution in [0.15, 0.2) is 57.9 Å². The van der Waals surface area contributed by atoms with Gasteiger partial charge in [0.05, 0.1) is 11.4 Å². The minimum atomic E-state index is -0.474. The molecule has 2 heterocycles. The van der Waals surface area contributed by atoms with Crippen LogP contribution in [0.4, 0.5) is 10.1 Å². The van der Waals surface area contributed by atoms with Crippen molar-refractivity contribution >= 4 is 22.6 Å². The van der Waals surface area contributed by atoms with Crippen molar-refractivity contribution in [2.75, 3.05) is 5.32 Å². The van der Waals surface area contributed by atoms with E-state index in [1.165, 1.54) is 22.8 Å². The lowest BCUT2D eigenvalue weighted by Crippen LogP contribution is -2.19. The van der Waals surface area contributed by atoms with Gasteiger partial charge in [-0.25, -0.2) is 9.18 Å². The Morgan fingerprint density at radius 3 is 2.70 bits per heavy atom. The van der Waals surface area contributed by atoms with Crippen LogP contribution in [0.2, 0.25) is 0 Å². The number of benzene rings is 2. The summed E-state index contributed by atoms with van der Waals surface area (Å²) in [6.07, 6.45) is 1.60. The number of hydrogen-bond acceptors (Lipinski definition) is 3. The van der Waals surface area contributed by atoms with Crippen molar-refractivity contribution in [2.24, 2.45) is 0 Å². The van der Waals surface area contributed by atoms with E-state index < -0.39 is 11.7 Å². The van der Waals surface area contributed by atoms with Gasteiger partial charge in [-0.05, 0) is 44.2 Å². The summed E-state index contributed by atoms with van der Waals surface area (Å²) in [5, 5.41) is 3.33. The van der Waals surface area contributed by atoms with E-state index in [2.05, 4.69) is 10.3 Å². The maximum atomic E-state index is 13.5. The number of anilines is 1. The van der Waals surface area contributed by atoms with Gasteiger partial charge in [-0.1, -0.05) is 12.1 Å². The maximum Gasteiger partial charge on any atom is 0.330 e. The summed E-state index contributed by atoms with van der Waals surface area (Å²) in [5.74, 6) is -0.771. The molecule has 0 spiro atoms. The molecule has 0 saturated heterocycles. The van der Waals surface area contributed by atoms with Gasteiger partial charge in [0.25, 0.3) is 5.91 Å². The van der Waals surface area contributed by atoms with Crippen LogP contribution in [0.25, 0.3) is 16.7 Å². The summed E-state index contributed by atoms with van der Waals surface area (Å²) < 4.78 is 20.6. The van der Waals surface area contributed by atoms with Crippen molar-refractivity contribution < 1.29 is 13.6 Å². The van der Waals surface area contributed by atoms with Crippen molar-refractivity contribution in [3.63, 3.8) is 0 Å². The monoisotopic (exact) mass is 365 g/mol. The molecule has 0 unspecified atom stereocenters. The SMILES string of the molecule is Cc1c(C(=O)Nc2ccccc2-n2c(C)c[nH]c2=O)oc2ccc(F)cc12. The Kier molecular flexibility index (Phi) is 3.92. The highest BCUT2D eigenvalue weighted by Gasteiger charge is 2.20. The normalized spacial score (nSPS) is 11.1. The Labute approximate surface area is 153 Å². The molecule has 0 saturated carbocycles. The van der Waals surface area contributed by atoms with Crippen LogP contribution in [-0.2, 0) is 0 Å². The number of amides is 1. The van der Waals surface area contributed by atoms with Crippen LogP contribution in [0.1, 0.15) is 21.8 Å². The molecule has 136 valence electrons. The van der Waals surface area contributed by atoms with Gasteiger partial charge in [0.2, 0.25) is 0 Å². The number of nitrogens with one attached hydrogen (secondary N) is 2. The fourth-order valence-corrected chi connectivity index (χ4v) is 3.12. The van der Waals surface area contributed by atoms with Crippen LogP contribution in [0, 0.1) is 19.7 Å². The van der Waals surface area contributed by atoms with Crippen LogP contribution >= 0.6 is 0 Å². The van der Waals surface area contributed by atoms with E-state index in [4.69, 9.17) is 4.42 Å². The highest BCUT2D eigenvalue weighted by atomic mass is 19.1. The number of imidazole rings is 1. The van der Waals surface area contributed by atoms with Crippen molar-refractivity contribution in [3.05, 3.63) is 82.0 Å². The maximum absolute atomic E-state index is 13.5. The predicted molar refractivity (Wildman–Crippen MR) is 100.0 cm³/mol. The number of nitrogens with zero attached hydrogens (tertiary/aromatic N) is 1. The van der Waals surface area contributed by atoms with Crippen LogP contribution in [0.3, 0.4) is 0 Å². The number of para-hydroxylation sites is 2. The second-order valence-corrected chi connectivity index (χ2v) is 6.24. The Morgan fingerprint density at radius 1 is 1.19 bits per heavy atom. The Balaban J connectivity index is 1.75. The summed E-state index contributed by atoms with van der Waals surface area (Å²) in [4.78, 5) is 27.5. The number of halogens is 1. The molecule has 0 aliphatic carbocycles. The third-order valence-electron chi connectivity index (χ3n) is 4.46. The molecule has 0 radical (unpaired) electrons. The number of aromatic amines is 1. The molecule has 6 nitrogen and oxygen atoms in total. The third-order valence-corrected chi connectivity index (χ3v) is 4.46. The number of aromatic nitrogens is 2. The summed E-state index contributed by atoms with van der Waals surface area (Å²) in [6, 6.07) is 11.1. The number of carbonyl (C=O) groups is 1. The zero-order valence-corrected chi connectivity index (χ0v) is 14.7. The summed E-state index contributed by atoms with van der Waals surface area (Å²) in [5.41, 5.74) is 2.38. The van der Waals surface area contributed by atoms with Gasteiger partial charge < -0.3 is 14.7 Å². The minimum absolute atomic E-state index is 0.101. The summed E-state index contributed by atoms with van der Waals surface area (Å²) in [7, 11) is 0. The summed E-state index contributed by atoms with van der Waals surface area (Å²) in [6.45, 7) is 3.49. The second kappa shape index (κ2) is 6.28. The van der Waals surface area contributed by atoms with E-state index in [9.17, 15) is 14.0 Å². The lowest BCUT2D eigenvalue weighted by molar-refractivity contribution is 0.0998. The number of rotatable bonds is 3. The molecule has 1 amide bonds. The first kappa shape index (κ1) is 16.8. The molecular weight excluding hydrogens is 349 g/mol. The van der Waals surface area contributed by atoms with Gasteiger partial charge in [0.15, 0.2) is 5.76 Å². The first-order valence-electron chi connectivity index (χ1n) is 8.32. The number of aryl methyl sites for hydroxylation is 2. The van der Waals surface area contributed by atoms with Gasteiger partial charge in [0.1, 0.15) is 11.4 Å². The van der Waals surface area contributed by atoms with E-state index >= 15 is 0 Å². The molecule has 27 heavy (non-hydrogen) atoms. The Bertz CT molecular complexity index is 1230. The van der Waals surface area contributed by atoms with E-state index in [0.29, 0.717) is 33.6 Å². The van der Waals surface area contributed by atoms with E-state index in [0.717, 1.165) is 0 Å². The molecule has 0 bridgehead atoms. The lowest BCUT2D eigenvalue weighted by Gasteiger charge is -2.12. The fraction of sp³-hybridized carbons (Fsp3) is 0.100. The van der Waals surface area contributed by atoms with Gasteiger partial charge in [0, 0.05) is 22.8 Å². The number of H-pyrrole nitrogens is 1. The van der Waals surface area contributed by atoms with Gasteiger partial charge in [-0.15, -0.1) is 0 Å². The van der Waals surface area contributed by atoms with Crippen molar-refractivity contribution in [3.8, 4) is 5.69 Å². The zero-order chi connectivity index (χ0) is 19.1. The first-order valence-corrected chi connectivity index (χ1v) is 8.32. The molecule has 2 aromatic carbocycles. The Morgan fingerprint density at radius 2 is 1.96 bits per heavy atom. The second-order valence-electron chi connectivity index (χ2n) is 6.24. The van der Waals surface area contributed by atoms with Crippen molar-refractivity contribution in [1.82, 2.24) is 9.55 Å². The topological polar surface area (TPSA) is 80.0 Å². The van der Waals surface area contributed by atoms with Gasteiger partial charge in [-0.2, -0.15) is 0 Å². The van der Waals surface area contributed by atoms with Crippen LogP contribution in [-0.4, -0.2) is 15.5 Å². The van der Waals surface area contributed by atoms with E-state index in [-0.39, 0.29) is 11.4 Å². The lowest BCUT2D eigenvalue weighted by atomic mass is 10.1. The molecule has 4 aromatic rings. The smallest absolute Gasteiger partial charge is 0.330 e. The molecule has 7 heteroatoms. The quantitative estimate of drug-likeness (QED) is 0.577. The van der Waals surface area contributed by atoms with E-state index in [1.807, 2.05) is 0 Å². The predicted octanol–water partition coefficient (Wildman–Crippen LogP) is 3.92. The molecule has 0 atom stereocenters. The third kappa shape index (κ3) is 2.83. The Hall–Kier alpha value is -3.61. The number of fused-ring (bicyclic) bond motifs is 1. The molecule has 0 fully saturated rings. The minimum Gasteiger partial charge on any atom is -0.451 e. The van der Waals surface area contributed by atoms with Crippen molar-refractivity contribution in [2.45, 2.75) is 13.8 Å². The largest absolute Gasteiger partial charge is 0.451 e. The first-order chi connectivity index (χ1) is 13.0. The van der Waals surface area contributed by atoms with Crippen molar-refractivity contribution in [1.29, 1.82) is 0 Å². The van der Waals surface area contributed by atoms with Gasteiger partial charge in [-0.3, -0.25) is 9.36 Å². The molecule has 2 aromatic heterocycles. The highest BCUT2D eigenvalue weighted by Crippen LogP contribution is 2.27. The number of hydrogen-bond donors (Lipinski definition) is 2. The average Bonchev–Trinajstić information content (AvgIpc) is 3.15. The van der Waals surface area contributed by atoms with Crippen LogP contribution < -0.4 is 11.0 Å². The summed E-state index contributed by atoms with van der Waals surface area (Å²) >= 11 is 0. The molecule has 0 aliphatic rings. The fourth-order valence-electron chi connectivity index (χ4n) is 3.12. The standard InChI is InChI=1S/C20H16FN3O3/c1-11-10-22-20(26)24(11)16-6-4-3-5-15(16)23-19(25)18-12(2)14-9-13(21)7-8-17(14)27-18/h3-10H,1-2H3,(H,22,26)(H,23,25). The zero-order valence-electron chi connectivity index (χ0n) is 14.7. The highest BCUT2D eigenvalue weighted by molar-refractivity contribution is 6.07. The van der Waals surface area contributed by atoms with Gasteiger partial charge >= 0.3 is 5.69 Å². The van der Waals surface area contributed by atoms with Crippen LogP contribution in [0.5, 0.6) is 0 Å². The molecule has 4 rings (SSSR count). The molecular formula is C20H16FN3O3. The number of furan rings is 1. The molecule has 2 N–H and O–H groups in total.